The van der Waals surface area contributed by atoms with Crippen LogP contribution in [0.1, 0.15) is 37.8 Å². The molecular formula is C14H23FN2. The van der Waals surface area contributed by atoms with Crippen LogP contribution in [0.15, 0.2) is 18.2 Å². The Morgan fingerprint density at radius 2 is 2.12 bits per heavy atom. The topological polar surface area (TPSA) is 38.0 Å². The van der Waals surface area contributed by atoms with Gasteiger partial charge in [0.05, 0.1) is 0 Å². The Labute approximate surface area is 103 Å². The highest BCUT2D eigenvalue weighted by Crippen LogP contribution is 2.17. The first-order valence-electron chi connectivity index (χ1n) is 6.28. The van der Waals surface area contributed by atoms with Crippen LogP contribution < -0.4 is 11.3 Å². The van der Waals surface area contributed by atoms with Crippen LogP contribution in [0.3, 0.4) is 0 Å². The average molecular weight is 238 g/mol. The number of hydrazine groups is 1. The second-order valence-electron chi connectivity index (χ2n) is 4.89. The minimum Gasteiger partial charge on any atom is -0.271 e. The van der Waals surface area contributed by atoms with Crippen molar-refractivity contribution in [1.82, 2.24) is 5.43 Å². The molecule has 2 unspecified atom stereocenters. The first kappa shape index (κ1) is 14.1. The van der Waals surface area contributed by atoms with Crippen LogP contribution >= 0.6 is 0 Å². The molecule has 0 radical (unpaired) electrons. The van der Waals surface area contributed by atoms with Gasteiger partial charge in [-0.05, 0) is 48.9 Å². The predicted octanol–water partition coefficient (Wildman–Crippen LogP) is 2.94. The van der Waals surface area contributed by atoms with Gasteiger partial charge in [0.15, 0.2) is 0 Å². The Morgan fingerprint density at radius 3 is 2.71 bits per heavy atom. The zero-order valence-electron chi connectivity index (χ0n) is 11.0. The maximum atomic E-state index is 13.2. The van der Waals surface area contributed by atoms with E-state index in [2.05, 4.69) is 19.3 Å². The summed E-state index contributed by atoms with van der Waals surface area (Å²) >= 11 is 0. The highest BCUT2D eigenvalue weighted by Gasteiger charge is 2.13. The lowest BCUT2D eigenvalue weighted by Gasteiger charge is -2.20. The SMILES string of the molecule is CCC(C)CC(Cc1cc(F)ccc1C)NN. The molecule has 0 saturated carbocycles. The van der Waals surface area contributed by atoms with Gasteiger partial charge in [-0.1, -0.05) is 26.3 Å². The first-order chi connectivity index (χ1) is 8.06. The molecule has 1 aromatic rings. The van der Waals surface area contributed by atoms with Crippen LogP contribution in [0.2, 0.25) is 0 Å². The molecule has 0 spiro atoms. The molecule has 0 aliphatic carbocycles. The van der Waals surface area contributed by atoms with Crippen LogP contribution in [0, 0.1) is 18.7 Å². The van der Waals surface area contributed by atoms with Crippen molar-refractivity contribution in [1.29, 1.82) is 0 Å². The van der Waals surface area contributed by atoms with Gasteiger partial charge in [0.1, 0.15) is 5.82 Å². The third-order valence-corrected chi connectivity index (χ3v) is 3.40. The van der Waals surface area contributed by atoms with Crippen LogP contribution in [0.4, 0.5) is 4.39 Å². The second-order valence-corrected chi connectivity index (χ2v) is 4.89. The molecule has 0 heterocycles. The fourth-order valence-corrected chi connectivity index (χ4v) is 1.99. The van der Waals surface area contributed by atoms with Gasteiger partial charge in [-0.2, -0.15) is 0 Å². The summed E-state index contributed by atoms with van der Waals surface area (Å²) in [5.74, 6) is 6.02. The number of hydrogen-bond donors (Lipinski definition) is 2. The Balaban J connectivity index is 2.69. The van der Waals surface area contributed by atoms with E-state index in [0.29, 0.717) is 5.92 Å². The summed E-state index contributed by atoms with van der Waals surface area (Å²) in [6.07, 6.45) is 2.94. The Morgan fingerprint density at radius 1 is 1.41 bits per heavy atom. The third kappa shape index (κ3) is 4.44. The van der Waals surface area contributed by atoms with E-state index in [1.165, 1.54) is 6.07 Å². The number of aryl methyl sites for hydroxylation is 1. The molecule has 3 N–H and O–H groups in total. The van der Waals surface area contributed by atoms with Crippen molar-refractivity contribution < 1.29 is 4.39 Å². The number of nitrogens with two attached hydrogens (primary N) is 1. The van der Waals surface area contributed by atoms with Crippen molar-refractivity contribution in [3.05, 3.63) is 35.1 Å². The number of hydrogen-bond acceptors (Lipinski definition) is 2. The maximum Gasteiger partial charge on any atom is 0.123 e. The molecule has 0 aromatic heterocycles. The summed E-state index contributed by atoms with van der Waals surface area (Å²) in [5.41, 5.74) is 5.00. The van der Waals surface area contributed by atoms with E-state index in [9.17, 15) is 4.39 Å². The van der Waals surface area contributed by atoms with E-state index in [4.69, 9.17) is 5.84 Å². The number of benzene rings is 1. The van der Waals surface area contributed by atoms with Crippen LogP contribution in [-0.4, -0.2) is 6.04 Å². The molecule has 2 nitrogen and oxygen atoms in total. The van der Waals surface area contributed by atoms with Crippen molar-refractivity contribution >= 4 is 0 Å². The molecule has 3 heteroatoms. The smallest absolute Gasteiger partial charge is 0.123 e. The molecule has 0 aliphatic heterocycles. The summed E-state index contributed by atoms with van der Waals surface area (Å²) < 4.78 is 13.2. The highest BCUT2D eigenvalue weighted by atomic mass is 19.1. The van der Waals surface area contributed by atoms with Crippen molar-refractivity contribution in [2.24, 2.45) is 11.8 Å². The quantitative estimate of drug-likeness (QED) is 0.590. The molecule has 0 aliphatic rings. The van der Waals surface area contributed by atoms with Gasteiger partial charge in [0.25, 0.3) is 0 Å². The van der Waals surface area contributed by atoms with E-state index in [0.717, 1.165) is 30.4 Å². The molecule has 96 valence electrons. The third-order valence-electron chi connectivity index (χ3n) is 3.40. The van der Waals surface area contributed by atoms with Gasteiger partial charge in [0.2, 0.25) is 0 Å². The molecule has 1 rings (SSSR count). The maximum absolute atomic E-state index is 13.2. The van der Waals surface area contributed by atoms with Crippen molar-refractivity contribution in [2.75, 3.05) is 0 Å². The van der Waals surface area contributed by atoms with Crippen molar-refractivity contribution in [2.45, 2.75) is 46.1 Å². The minimum absolute atomic E-state index is 0.176. The van der Waals surface area contributed by atoms with E-state index < -0.39 is 0 Å². The monoisotopic (exact) mass is 238 g/mol. The summed E-state index contributed by atoms with van der Waals surface area (Å²) in [4.78, 5) is 0. The van der Waals surface area contributed by atoms with Gasteiger partial charge in [-0.15, -0.1) is 0 Å². The number of halogens is 1. The van der Waals surface area contributed by atoms with E-state index in [-0.39, 0.29) is 11.9 Å². The van der Waals surface area contributed by atoms with Crippen molar-refractivity contribution in [3.8, 4) is 0 Å². The standard InChI is InChI=1S/C14H23FN2/c1-4-10(2)7-14(17-16)9-12-8-13(15)6-5-11(12)3/h5-6,8,10,14,17H,4,7,9,16H2,1-3H3. The lowest BCUT2D eigenvalue weighted by atomic mass is 9.93. The molecule has 0 amide bonds. The zero-order chi connectivity index (χ0) is 12.8. The second kappa shape index (κ2) is 6.72. The van der Waals surface area contributed by atoms with E-state index in [1.54, 1.807) is 6.07 Å². The summed E-state index contributed by atoms with van der Waals surface area (Å²) in [5, 5.41) is 0. The van der Waals surface area contributed by atoms with Gasteiger partial charge in [0, 0.05) is 6.04 Å². The molecule has 0 fully saturated rings. The molecule has 17 heavy (non-hydrogen) atoms. The zero-order valence-corrected chi connectivity index (χ0v) is 11.0. The summed E-state index contributed by atoms with van der Waals surface area (Å²) in [6, 6.07) is 5.14. The molecule has 2 atom stereocenters. The lowest BCUT2D eigenvalue weighted by Crippen LogP contribution is -2.38. The Hall–Kier alpha value is -0.930. The van der Waals surface area contributed by atoms with Crippen LogP contribution in [0.5, 0.6) is 0 Å². The Bertz CT molecular complexity index is 352. The molecular weight excluding hydrogens is 215 g/mol. The number of rotatable bonds is 6. The first-order valence-corrected chi connectivity index (χ1v) is 6.28. The molecule has 1 aromatic carbocycles. The average Bonchev–Trinajstić information content (AvgIpc) is 2.32. The van der Waals surface area contributed by atoms with Crippen LogP contribution in [-0.2, 0) is 6.42 Å². The normalized spacial score (nSPS) is 14.6. The lowest BCUT2D eigenvalue weighted by molar-refractivity contribution is 0.396. The summed E-state index contributed by atoms with van der Waals surface area (Å²) in [6.45, 7) is 6.39. The molecule has 0 saturated heterocycles. The minimum atomic E-state index is -0.176. The number of nitrogens with one attached hydrogen (secondary N) is 1. The summed E-state index contributed by atoms with van der Waals surface area (Å²) in [7, 11) is 0. The largest absolute Gasteiger partial charge is 0.271 e. The van der Waals surface area contributed by atoms with E-state index in [1.807, 2.05) is 13.0 Å². The van der Waals surface area contributed by atoms with Gasteiger partial charge in [-0.25, -0.2) is 4.39 Å². The van der Waals surface area contributed by atoms with E-state index >= 15 is 0 Å². The van der Waals surface area contributed by atoms with Crippen molar-refractivity contribution in [3.63, 3.8) is 0 Å². The van der Waals surface area contributed by atoms with Gasteiger partial charge >= 0.3 is 0 Å². The Kier molecular flexibility index (Phi) is 5.59. The van der Waals surface area contributed by atoms with Gasteiger partial charge < -0.3 is 0 Å². The van der Waals surface area contributed by atoms with Gasteiger partial charge in [-0.3, -0.25) is 11.3 Å². The van der Waals surface area contributed by atoms with Crippen LogP contribution in [0.25, 0.3) is 0 Å². The predicted molar refractivity (Wildman–Crippen MR) is 70.0 cm³/mol. The highest BCUT2D eigenvalue weighted by molar-refractivity contribution is 5.27. The fourth-order valence-electron chi connectivity index (χ4n) is 1.99. The fraction of sp³-hybridized carbons (Fsp3) is 0.571. The molecule has 0 bridgehead atoms.